The van der Waals surface area contributed by atoms with E-state index in [2.05, 4.69) is 10.9 Å². The molecule has 1 aromatic rings. The van der Waals surface area contributed by atoms with Crippen molar-refractivity contribution in [1.29, 1.82) is 0 Å². The van der Waals surface area contributed by atoms with Gasteiger partial charge in [0, 0.05) is 24.9 Å². The average Bonchev–Trinajstić information content (AvgIpc) is 2.73. The van der Waals surface area contributed by atoms with E-state index in [0.29, 0.717) is 12.8 Å². The average molecular weight is 411 g/mol. The lowest BCUT2D eigenvalue weighted by atomic mass is 9.89. The Labute approximate surface area is 164 Å². The first-order valence-electron chi connectivity index (χ1n) is 9.73. The maximum Gasteiger partial charge on any atom is 0.243 e. The van der Waals surface area contributed by atoms with Crippen LogP contribution in [0.4, 0.5) is 4.39 Å². The summed E-state index contributed by atoms with van der Waals surface area (Å²) in [6.07, 6.45) is 5.65. The van der Waals surface area contributed by atoms with Crippen molar-refractivity contribution in [3.63, 3.8) is 0 Å². The number of hydrogen-bond donors (Lipinski definition) is 2. The summed E-state index contributed by atoms with van der Waals surface area (Å²) >= 11 is 0. The molecule has 0 bridgehead atoms. The van der Waals surface area contributed by atoms with E-state index in [0.717, 1.165) is 44.2 Å². The molecule has 154 valence electrons. The quantitative estimate of drug-likeness (QED) is 0.741. The highest BCUT2D eigenvalue weighted by Gasteiger charge is 2.32. The van der Waals surface area contributed by atoms with Gasteiger partial charge in [0.2, 0.25) is 21.8 Å². The number of rotatable bonds is 4. The summed E-state index contributed by atoms with van der Waals surface area (Å²) in [5, 5.41) is 0. The van der Waals surface area contributed by atoms with Crippen molar-refractivity contribution >= 4 is 21.8 Å². The van der Waals surface area contributed by atoms with Crippen LogP contribution in [-0.4, -0.2) is 37.6 Å². The van der Waals surface area contributed by atoms with Crippen LogP contribution in [0.25, 0.3) is 0 Å². The second-order valence-corrected chi connectivity index (χ2v) is 9.38. The molecule has 7 nitrogen and oxygen atoms in total. The summed E-state index contributed by atoms with van der Waals surface area (Å²) in [7, 11) is -3.70. The predicted octanol–water partition coefficient (Wildman–Crippen LogP) is 1.95. The highest BCUT2D eigenvalue weighted by Crippen LogP contribution is 2.25. The second kappa shape index (κ2) is 9.00. The Morgan fingerprint density at radius 3 is 1.89 bits per heavy atom. The molecular weight excluding hydrogens is 385 g/mol. The topological polar surface area (TPSA) is 95.6 Å². The third-order valence-electron chi connectivity index (χ3n) is 5.56. The molecule has 1 aliphatic carbocycles. The SMILES string of the molecule is O=C(NNC(=O)C1CCN(S(=O)(=O)c2ccc(F)cc2)CC1)C1CCCCC1. The van der Waals surface area contributed by atoms with Gasteiger partial charge in [0.05, 0.1) is 4.90 Å². The van der Waals surface area contributed by atoms with Gasteiger partial charge in [-0.05, 0) is 49.9 Å². The molecule has 0 atom stereocenters. The highest BCUT2D eigenvalue weighted by atomic mass is 32.2. The molecule has 2 amide bonds. The molecule has 1 aliphatic heterocycles. The van der Waals surface area contributed by atoms with Crippen LogP contribution >= 0.6 is 0 Å². The minimum atomic E-state index is -3.70. The van der Waals surface area contributed by atoms with Gasteiger partial charge in [-0.15, -0.1) is 0 Å². The van der Waals surface area contributed by atoms with Crippen LogP contribution in [0.1, 0.15) is 44.9 Å². The van der Waals surface area contributed by atoms with Gasteiger partial charge in [0.1, 0.15) is 5.82 Å². The number of carbonyl (C=O) groups excluding carboxylic acids is 2. The molecule has 1 saturated carbocycles. The van der Waals surface area contributed by atoms with Gasteiger partial charge in [-0.1, -0.05) is 19.3 Å². The zero-order valence-electron chi connectivity index (χ0n) is 15.7. The fourth-order valence-corrected chi connectivity index (χ4v) is 5.28. The standard InChI is InChI=1S/C19H26FN3O4S/c20-16-6-8-17(9-7-16)28(26,27)23-12-10-15(11-13-23)19(25)22-21-18(24)14-4-2-1-3-5-14/h6-9,14-15H,1-5,10-13H2,(H,21,24)(H,22,25). The third-order valence-corrected chi connectivity index (χ3v) is 7.47. The number of hydrogen-bond acceptors (Lipinski definition) is 4. The maximum absolute atomic E-state index is 13.0. The first-order chi connectivity index (χ1) is 13.4. The molecule has 2 aliphatic rings. The molecule has 0 aromatic heterocycles. The molecular formula is C19H26FN3O4S. The number of halogens is 1. The van der Waals surface area contributed by atoms with Crippen molar-refractivity contribution < 1.29 is 22.4 Å². The smallest absolute Gasteiger partial charge is 0.243 e. The molecule has 1 saturated heterocycles. The van der Waals surface area contributed by atoms with Crippen LogP contribution in [0.2, 0.25) is 0 Å². The number of sulfonamides is 1. The lowest BCUT2D eigenvalue weighted by Crippen LogP contribution is -2.49. The zero-order valence-corrected chi connectivity index (χ0v) is 16.5. The fourth-order valence-electron chi connectivity index (χ4n) is 3.81. The van der Waals surface area contributed by atoms with Gasteiger partial charge in [0.15, 0.2) is 0 Å². The molecule has 1 aromatic carbocycles. The van der Waals surface area contributed by atoms with E-state index < -0.39 is 15.8 Å². The molecule has 9 heteroatoms. The van der Waals surface area contributed by atoms with E-state index in [1.54, 1.807) is 0 Å². The summed E-state index contributed by atoms with van der Waals surface area (Å²) in [6, 6.07) is 4.71. The number of amides is 2. The van der Waals surface area contributed by atoms with Crippen LogP contribution < -0.4 is 10.9 Å². The molecule has 28 heavy (non-hydrogen) atoms. The highest BCUT2D eigenvalue weighted by molar-refractivity contribution is 7.89. The van der Waals surface area contributed by atoms with Crippen molar-refractivity contribution in [1.82, 2.24) is 15.2 Å². The van der Waals surface area contributed by atoms with Gasteiger partial charge in [-0.2, -0.15) is 4.31 Å². The van der Waals surface area contributed by atoms with E-state index >= 15 is 0 Å². The molecule has 2 fully saturated rings. The second-order valence-electron chi connectivity index (χ2n) is 7.45. The van der Waals surface area contributed by atoms with Gasteiger partial charge >= 0.3 is 0 Å². The van der Waals surface area contributed by atoms with Crippen molar-refractivity contribution in [2.24, 2.45) is 11.8 Å². The number of nitrogens with zero attached hydrogens (tertiary/aromatic N) is 1. The number of piperidine rings is 1. The number of hydrazine groups is 1. The normalized spacial score (nSPS) is 19.9. The van der Waals surface area contributed by atoms with Crippen LogP contribution in [0.15, 0.2) is 29.2 Å². The van der Waals surface area contributed by atoms with Crippen molar-refractivity contribution in [3.05, 3.63) is 30.1 Å². The molecule has 2 N–H and O–H groups in total. The molecule has 0 radical (unpaired) electrons. The third kappa shape index (κ3) is 4.88. The van der Waals surface area contributed by atoms with E-state index in [1.165, 1.54) is 16.4 Å². The monoisotopic (exact) mass is 411 g/mol. The fraction of sp³-hybridized carbons (Fsp3) is 0.579. The van der Waals surface area contributed by atoms with Crippen LogP contribution in [0.5, 0.6) is 0 Å². The van der Waals surface area contributed by atoms with Gasteiger partial charge in [-0.3, -0.25) is 20.4 Å². The Bertz CT molecular complexity index is 799. The number of carbonyl (C=O) groups is 2. The van der Waals surface area contributed by atoms with E-state index in [1.807, 2.05) is 0 Å². The summed E-state index contributed by atoms with van der Waals surface area (Å²) in [5.74, 6) is -1.33. The van der Waals surface area contributed by atoms with E-state index in [-0.39, 0.29) is 41.6 Å². The lowest BCUT2D eigenvalue weighted by molar-refractivity contribution is -0.134. The van der Waals surface area contributed by atoms with Crippen molar-refractivity contribution in [2.45, 2.75) is 49.8 Å². The Kier molecular flexibility index (Phi) is 6.66. The first kappa shape index (κ1) is 20.7. The largest absolute Gasteiger partial charge is 0.273 e. The molecule has 3 rings (SSSR count). The minimum absolute atomic E-state index is 0.0385. The Morgan fingerprint density at radius 2 is 1.36 bits per heavy atom. The minimum Gasteiger partial charge on any atom is -0.273 e. The molecule has 1 heterocycles. The van der Waals surface area contributed by atoms with E-state index in [4.69, 9.17) is 0 Å². The summed E-state index contributed by atoms with van der Waals surface area (Å²) in [5.41, 5.74) is 5.01. The molecule has 0 spiro atoms. The summed E-state index contributed by atoms with van der Waals surface area (Å²) in [4.78, 5) is 24.5. The number of nitrogens with one attached hydrogen (secondary N) is 2. The predicted molar refractivity (Wildman–Crippen MR) is 101 cm³/mol. The maximum atomic E-state index is 13.0. The Balaban J connectivity index is 1.48. The van der Waals surface area contributed by atoms with Gasteiger partial charge in [-0.25, -0.2) is 12.8 Å². The summed E-state index contributed by atoms with van der Waals surface area (Å²) in [6.45, 7) is 0.405. The zero-order chi connectivity index (χ0) is 20.1. The Morgan fingerprint density at radius 1 is 0.857 bits per heavy atom. The Hall–Kier alpha value is -2.00. The number of benzene rings is 1. The van der Waals surface area contributed by atoms with Crippen LogP contribution in [0, 0.1) is 17.7 Å². The van der Waals surface area contributed by atoms with Gasteiger partial charge in [0.25, 0.3) is 0 Å². The summed E-state index contributed by atoms with van der Waals surface area (Å²) < 4.78 is 39.6. The van der Waals surface area contributed by atoms with Crippen molar-refractivity contribution in [2.75, 3.05) is 13.1 Å². The molecule has 0 unspecified atom stereocenters. The van der Waals surface area contributed by atoms with Crippen LogP contribution in [0.3, 0.4) is 0 Å². The van der Waals surface area contributed by atoms with Crippen molar-refractivity contribution in [3.8, 4) is 0 Å². The first-order valence-corrected chi connectivity index (χ1v) is 11.2. The van der Waals surface area contributed by atoms with Gasteiger partial charge < -0.3 is 0 Å². The lowest BCUT2D eigenvalue weighted by Gasteiger charge is -2.30. The van der Waals surface area contributed by atoms with Crippen LogP contribution in [-0.2, 0) is 19.6 Å². The van der Waals surface area contributed by atoms with E-state index in [9.17, 15) is 22.4 Å².